The number of amides is 2. The van der Waals surface area contributed by atoms with Gasteiger partial charge in [0.15, 0.2) is 0 Å². The standard InChI is InChI=1S/C26H25BrN2O4/c27-23-15-20(10-13-24(23)33-17-22-7-4-14-32-22)26(31)29-21-11-8-19(9-12-21)25(30)28-16-18-5-2-1-3-6-18/h1-3,5-6,8-13,15,22H,4,7,14,16-17H2,(H,28,30)(H,29,31). The van der Waals surface area contributed by atoms with Crippen molar-refractivity contribution in [3.8, 4) is 5.75 Å². The minimum absolute atomic E-state index is 0.128. The number of nitrogens with one attached hydrogen (secondary N) is 2. The Kier molecular flexibility index (Phi) is 7.75. The molecule has 1 unspecified atom stereocenters. The van der Waals surface area contributed by atoms with Gasteiger partial charge in [-0.05, 0) is 76.8 Å². The molecule has 1 fully saturated rings. The molecule has 2 amide bonds. The van der Waals surface area contributed by atoms with Gasteiger partial charge in [0.2, 0.25) is 0 Å². The first-order chi connectivity index (χ1) is 16.1. The summed E-state index contributed by atoms with van der Waals surface area (Å²) >= 11 is 3.48. The van der Waals surface area contributed by atoms with Gasteiger partial charge in [0.25, 0.3) is 11.8 Å². The predicted molar refractivity (Wildman–Crippen MR) is 131 cm³/mol. The molecule has 1 atom stereocenters. The van der Waals surface area contributed by atoms with Crippen LogP contribution in [0.3, 0.4) is 0 Å². The number of anilines is 1. The van der Waals surface area contributed by atoms with Gasteiger partial charge in [-0.2, -0.15) is 0 Å². The van der Waals surface area contributed by atoms with E-state index in [1.165, 1.54) is 0 Å². The van der Waals surface area contributed by atoms with Crippen LogP contribution in [0.25, 0.3) is 0 Å². The topological polar surface area (TPSA) is 76.7 Å². The van der Waals surface area contributed by atoms with Gasteiger partial charge in [0.1, 0.15) is 12.4 Å². The second-order valence-corrected chi connectivity index (χ2v) is 8.65. The van der Waals surface area contributed by atoms with E-state index in [0.717, 1.165) is 25.0 Å². The second kappa shape index (κ2) is 11.1. The molecule has 0 saturated carbocycles. The molecule has 2 N–H and O–H groups in total. The Balaban J connectivity index is 1.30. The van der Waals surface area contributed by atoms with Crippen LogP contribution in [-0.2, 0) is 11.3 Å². The summed E-state index contributed by atoms with van der Waals surface area (Å²) in [7, 11) is 0. The van der Waals surface area contributed by atoms with Crippen molar-refractivity contribution in [2.75, 3.05) is 18.5 Å². The number of ether oxygens (including phenoxy) is 2. The van der Waals surface area contributed by atoms with Crippen LogP contribution < -0.4 is 15.4 Å². The van der Waals surface area contributed by atoms with Gasteiger partial charge >= 0.3 is 0 Å². The van der Waals surface area contributed by atoms with Crippen LogP contribution in [0, 0.1) is 0 Å². The van der Waals surface area contributed by atoms with E-state index in [0.29, 0.717) is 40.2 Å². The fourth-order valence-electron chi connectivity index (χ4n) is 3.51. The fraction of sp³-hybridized carbons (Fsp3) is 0.231. The number of carbonyl (C=O) groups excluding carboxylic acids is 2. The lowest BCUT2D eigenvalue weighted by Gasteiger charge is -2.13. The SMILES string of the molecule is O=C(NCc1ccccc1)c1ccc(NC(=O)c2ccc(OCC3CCCO3)c(Br)c2)cc1. The maximum absolute atomic E-state index is 12.7. The van der Waals surface area contributed by atoms with Gasteiger partial charge in [0, 0.05) is 30.0 Å². The zero-order chi connectivity index (χ0) is 23.0. The minimum atomic E-state index is -0.248. The molecule has 1 aliphatic rings. The van der Waals surface area contributed by atoms with E-state index in [4.69, 9.17) is 9.47 Å². The Morgan fingerprint density at radius 2 is 1.73 bits per heavy atom. The van der Waals surface area contributed by atoms with Crippen molar-refractivity contribution in [3.63, 3.8) is 0 Å². The third-order valence-electron chi connectivity index (χ3n) is 5.34. The summed E-state index contributed by atoms with van der Waals surface area (Å²) in [5.41, 5.74) is 2.66. The predicted octanol–water partition coefficient (Wildman–Crippen LogP) is 5.19. The monoisotopic (exact) mass is 508 g/mol. The lowest BCUT2D eigenvalue weighted by atomic mass is 10.1. The Hall–Kier alpha value is -3.16. The molecule has 1 heterocycles. The third kappa shape index (κ3) is 6.43. The molecule has 4 rings (SSSR count). The summed E-state index contributed by atoms with van der Waals surface area (Å²) in [5.74, 6) is 0.259. The molecule has 0 aliphatic carbocycles. The number of carbonyl (C=O) groups is 2. The van der Waals surface area contributed by atoms with Crippen LogP contribution >= 0.6 is 15.9 Å². The maximum Gasteiger partial charge on any atom is 0.255 e. The van der Waals surface area contributed by atoms with Crippen LogP contribution in [-0.4, -0.2) is 31.1 Å². The highest BCUT2D eigenvalue weighted by molar-refractivity contribution is 9.10. The van der Waals surface area contributed by atoms with Gasteiger partial charge in [0.05, 0.1) is 10.6 Å². The highest BCUT2D eigenvalue weighted by Crippen LogP contribution is 2.27. The second-order valence-electron chi connectivity index (χ2n) is 7.79. The van der Waals surface area contributed by atoms with Crippen LogP contribution in [0.15, 0.2) is 77.3 Å². The van der Waals surface area contributed by atoms with E-state index < -0.39 is 0 Å². The van der Waals surface area contributed by atoms with E-state index in [1.54, 1.807) is 42.5 Å². The summed E-state index contributed by atoms with van der Waals surface area (Å²) in [4.78, 5) is 25.0. The first-order valence-corrected chi connectivity index (χ1v) is 11.7. The number of hydrogen-bond acceptors (Lipinski definition) is 4. The summed E-state index contributed by atoms with van der Waals surface area (Å²) < 4.78 is 12.1. The summed E-state index contributed by atoms with van der Waals surface area (Å²) in [6.45, 7) is 1.74. The molecule has 1 saturated heterocycles. The quantitative estimate of drug-likeness (QED) is 0.438. The van der Waals surface area contributed by atoms with E-state index in [9.17, 15) is 9.59 Å². The summed E-state index contributed by atoms with van der Waals surface area (Å²) in [5, 5.41) is 5.74. The van der Waals surface area contributed by atoms with Crippen LogP contribution in [0.4, 0.5) is 5.69 Å². The molecule has 0 radical (unpaired) electrons. The fourth-order valence-corrected chi connectivity index (χ4v) is 4.00. The average Bonchev–Trinajstić information content (AvgIpc) is 3.36. The molecule has 6 nitrogen and oxygen atoms in total. The smallest absolute Gasteiger partial charge is 0.255 e. The summed E-state index contributed by atoms with van der Waals surface area (Å²) in [6.07, 6.45) is 2.20. The van der Waals surface area contributed by atoms with Crippen molar-refractivity contribution in [2.45, 2.75) is 25.5 Å². The Morgan fingerprint density at radius 3 is 2.42 bits per heavy atom. The Morgan fingerprint density at radius 1 is 0.970 bits per heavy atom. The molecule has 33 heavy (non-hydrogen) atoms. The van der Waals surface area contributed by atoms with E-state index in [2.05, 4.69) is 26.6 Å². The third-order valence-corrected chi connectivity index (χ3v) is 5.96. The first kappa shape index (κ1) is 23.0. The molecule has 0 aromatic heterocycles. The normalized spacial score (nSPS) is 15.1. The van der Waals surface area contributed by atoms with Crippen molar-refractivity contribution in [1.29, 1.82) is 0 Å². The lowest BCUT2D eigenvalue weighted by molar-refractivity contribution is 0.0677. The van der Waals surface area contributed by atoms with Gasteiger partial charge in [-0.25, -0.2) is 0 Å². The molecule has 7 heteroatoms. The van der Waals surface area contributed by atoms with Crippen molar-refractivity contribution >= 4 is 33.4 Å². The van der Waals surface area contributed by atoms with Gasteiger partial charge < -0.3 is 20.1 Å². The number of benzene rings is 3. The number of halogens is 1. The summed E-state index contributed by atoms with van der Waals surface area (Å²) in [6, 6.07) is 21.7. The Labute approximate surface area is 201 Å². The van der Waals surface area contributed by atoms with Crippen molar-refractivity contribution < 1.29 is 19.1 Å². The van der Waals surface area contributed by atoms with E-state index >= 15 is 0 Å². The molecule has 1 aliphatic heterocycles. The highest BCUT2D eigenvalue weighted by atomic mass is 79.9. The van der Waals surface area contributed by atoms with E-state index in [-0.39, 0.29) is 17.9 Å². The molecule has 170 valence electrons. The minimum Gasteiger partial charge on any atom is -0.490 e. The van der Waals surface area contributed by atoms with Crippen molar-refractivity contribution in [3.05, 3.63) is 94.0 Å². The average molecular weight is 509 g/mol. The number of hydrogen-bond donors (Lipinski definition) is 2. The number of rotatable bonds is 8. The molecule has 3 aromatic rings. The van der Waals surface area contributed by atoms with Crippen molar-refractivity contribution in [1.82, 2.24) is 5.32 Å². The largest absolute Gasteiger partial charge is 0.490 e. The zero-order valence-electron chi connectivity index (χ0n) is 18.1. The van der Waals surface area contributed by atoms with Gasteiger partial charge in [-0.3, -0.25) is 9.59 Å². The van der Waals surface area contributed by atoms with Crippen LogP contribution in [0.1, 0.15) is 39.1 Å². The Bertz CT molecular complexity index is 1100. The molecule has 0 spiro atoms. The van der Waals surface area contributed by atoms with Crippen molar-refractivity contribution in [2.24, 2.45) is 0 Å². The molecular weight excluding hydrogens is 484 g/mol. The first-order valence-electron chi connectivity index (χ1n) is 10.9. The van der Waals surface area contributed by atoms with Crippen LogP contribution in [0.5, 0.6) is 5.75 Å². The zero-order valence-corrected chi connectivity index (χ0v) is 19.6. The van der Waals surface area contributed by atoms with E-state index in [1.807, 2.05) is 30.3 Å². The molecule has 0 bridgehead atoms. The van der Waals surface area contributed by atoms with Crippen LogP contribution in [0.2, 0.25) is 0 Å². The molecule has 3 aromatic carbocycles. The van der Waals surface area contributed by atoms with Gasteiger partial charge in [-0.1, -0.05) is 30.3 Å². The lowest BCUT2D eigenvalue weighted by Crippen LogP contribution is -2.22. The maximum atomic E-state index is 12.7. The van der Waals surface area contributed by atoms with Gasteiger partial charge in [-0.15, -0.1) is 0 Å². The molecular formula is C26H25BrN2O4. The highest BCUT2D eigenvalue weighted by Gasteiger charge is 2.17.